The van der Waals surface area contributed by atoms with Gasteiger partial charge in [-0.05, 0) is 61.2 Å². The molecule has 3 N–H and O–H groups in total. The topological polar surface area (TPSA) is 55.1 Å². The van der Waals surface area contributed by atoms with Crippen molar-refractivity contribution in [3.63, 3.8) is 0 Å². The molecule has 0 bridgehead atoms. The fourth-order valence-electron chi connectivity index (χ4n) is 2.55. The van der Waals surface area contributed by atoms with Crippen molar-refractivity contribution in [3.8, 4) is 0 Å². The first-order chi connectivity index (χ1) is 10.0. The number of halogens is 1. The lowest BCUT2D eigenvalue weighted by Gasteiger charge is -2.16. The lowest BCUT2D eigenvalue weighted by Crippen LogP contribution is -2.27. The van der Waals surface area contributed by atoms with E-state index in [1.165, 1.54) is 0 Å². The summed E-state index contributed by atoms with van der Waals surface area (Å²) in [4.78, 5) is 12.6. The Bertz CT molecular complexity index is 690. The molecular weight excluding hydrogens is 328 g/mol. The Labute approximate surface area is 132 Å². The highest BCUT2D eigenvalue weighted by atomic mass is 79.9. The van der Waals surface area contributed by atoms with E-state index < -0.39 is 0 Å². The Morgan fingerprint density at radius 2 is 1.86 bits per heavy atom. The Kier molecular flexibility index (Phi) is 3.49. The number of hydrogen-bond acceptors (Lipinski definition) is 2. The Morgan fingerprint density at radius 3 is 2.43 bits per heavy atom. The summed E-state index contributed by atoms with van der Waals surface area (Å²) in [5.74, 6) is 0.0639. The van der Waals surface area contributed by atoms with E-state index in [0.717, 1.165) is 39.8 Å². The number of nitrogen functional groups attached to an aromatic ring is 1. The Hall–Kier alpha value is -1.81. The van der Waals surface area contributed by atoms with E-state index in [9.17, 15) is 4.79 Å². The molecule has 0 atom stereocenters. The van der Waals surface area contributed by atoms with Gasteiger partial charge in [-0.15, -0.1) is 0 Å². The van der Waals surface area contributed by atoms with Gasteiger partial charge in [-0.3, -0.25) is 4.79 Å². The van der Waals surface area contributed by atoms with Crippen LogP contribution in [-0.2, 0) is 10.2 Å². The summed E-state index contributed by atoms with van der Waals surface area (Å²) in [6.07, 6.45) is 1.77. The molecule has 3 rings (SSSR count). The highest BCUT2D eigenvalue weighted by molar-refractivity contribution is 9.10. The first-order valence-corrected chi connectivity index (χ1v) is 7.74. The number of amides is 1. The average Bonchev–Trinajstić information content (AvgIpc) is 3.25. The second kappa shape index (κ2) is 5.19. The molecule has 0 aromatic heterocycles. The molecule has 1 saturated carbocycles. The zero-order valence-electron chi connectivity index (χ0n) is 11.8. The normalized spacial score (nSPS) is 15.5. The van der Waals surface area contributed by atoms with Crippen LogP contribution in [0.1, 0.15) is 24.0 Å². The minimum Gasteiger partial charge on any atom is -0.399 e. The van der Waals surface area contributed by atoms with Gasteiger partial charge in [-0.1, -0.05) is 28.1 Å². The van der Waals surface area contributed by atoms with Crippen molar-refractivity contribution in [2.75, 3.05) is 11.1 Å². The van der Waals surface area contributed by atoms with Crippen molar-refractivity contribution in [3.05, 3.63) is 58.1 Å². The SMILES string of the molecule is Cc1cc(NC(=O)C2(c3ccc(N)cc3)CC2)ccc1Br. The number of carbonyl (C=O) groups excluding carboxylic acids is 1. The molecule has 0 heterocycles. The summed E-state index contributed by atoms with van der Waals surface area (Å²) in [7, 11) is 0. The first-order valence-electron chi connectivity index (χ1n) is 6.95. The number of anilines is 2. The quantitative estimate of drug-likeness (QED) is 0.826. The summed E-state index contributed by atoms with van der Waals surface area (Å²) in [6, 6.07) is 13.4. The van der Waals surface area contributed by atoms with E-state index in [4.69, 9.17) is 5.73 Å². The fraction of sp³-hybridized carbons (Fsp3) is 0.235. The maximum absolute atomic E-state index is 12.6. The van der Waals surface area contributed by atoms with Crippen molar-refractivity contribution < 1.29 is 4.79 Å². The molecule has 4 heteroatoms. The summed E-state index contributed by atoms with van der Waals surface area (Å²) >= 11 is 3.47. The smallest absolute Gasteiger partial charge is 0.235 e. The van der Waals surface area contributed by atoms with Crippen LogP contribution in [0.2, 0.25) is 0 Å². The highest BCUT2D eigenvalue weighted by Gasteiger charge is 2.51. The van der Waals surface area contributed by atoms with E-state index in [0.29, 0.717) is 0 Å². The number of nitrogens with one attached hydrogen (secondary N) is 1. The van der Waals surface area contributed by atoms with E-state index in [1.54, 1.807) is 0 Å². The van der Waals surface area contributed by atoms with Gasteiger partial charge in [-0.25, -0.2) is 0 Å². The molecule has 0 aliphatic heterocycles. The Morgan fingerprint density at radius 1 is 1.19 bits per heavy atom. The molecule has 1 amide bonds. The Balaban J connectivity index is 1.81. The predicted molar refractivity (Wildman–Crippen MR) is 89.3 cm³/mol. The van der Waals surface area contributed by atoms with Crippen molar-refractivity contribution >= 4 is 33.2 Å². The van der Waals surface area contributed by atoms with E-state index in [1.807, 2.05) is 49.4 Å². The van der Waals surface area contributed by atoms with E-state index in [2.05, 4.69) is 21.2 Å². The number of rotatable bonds is 3. The minimum atomic E-state index is -0.380. The van der Waals surface area contributed by atoms with Crippen LogP contribution in [0.5, 0.6) is 0 Å². The molecule has 3 nitrogen and oxygen atoms in total. The van der Waals surface area contributed by atoms with Gasteiger partial charge in [0.15, 0.2) is 0 Å². The number of carbonyl (C=O) groups is 1. The largest absolute Gasteiger partial charge is 0.399 e. The van der Waals surface area contributed by atoms with Crippen LogP contribution in [-0.4, -0.2) is 5.91 Å². The first kappa shape index (κ1) is 14.1. The summed E-state index contributed by atoms with van der Waals surface area (Å²) in [5, 5.41) is 3.03. The molecule has 1 aliphatic rings. The van der Waals surface area contributed by atoms with Crippen LogP contribution in [0.15, 0.2) is 46.9 Å². The van der Waals surface area contributed by atoms with Crippen molar-refractivity contribution in [1.82, 2.24) is 0 Å². The van der Waals surface area contributed by atoms with Gasteiger partial charge in [0.05, 0.1) is 5.41 Å². The zero-order valence-corrected chi connectivity index (χ0v) is 13.4. The molecule has 108 valence electrons. The zero-order chi connectivity index (χ0) is 15.0. The van der Waals surface area contributed by atoms with Crippen LogP contribution in [0, 0.1) is 6.92 Å². The number of hydrogen-bond donors (Lipinski definition) is 2. The summed E-state index contributed by atoms with van der Waals surface area (Å²) < 4.78 is 1.04. The number of nitrogens with two attached hydrogens (primary N) is 1. The van der Waals surface area contributed by atoms with Gasteiger partial charge in [0.1, 0.15) is 0 Å². The lowest BCUT2D eigenvalue weighted by atomic mass is 9.94. The molecule has 21 heavy (non-hydrogen) atoms. The van der Waals surface area contributed by atoms with Crippen molar-refractivity contribution in [1.29, 1.82) is 0 Å². The molecule has 0 unspecified atom stereocenters. The van der Waals surface area contributed by atoms with Crippen LogP contribution >= 0.6 is 15.9 Å². The number of benzene rings is 2. The van der Waals surface area contributed by atoms with Crippen LogP contribution in [0.25, 0.3) is 0 Å². The molecule has 0 saturated heterocycles. The third-order valence-electron chi connectivity index (χ3n) is 4.06. The highest BCUT2D eigenvalue weighted by Crippen LogP contribution is 2.49. The monoisotopic (exact) mass is 344 g/mol. The van der Waals surface area contributed by atoms with E-state index in [-0.39, 0.29) is 11.3 Å². The third kappa shape index (κ3) is 2.68. The summed E-state index contributed by atoms with van der Waals surface area (Å²) in [6.45, 7) is 2.01. The third-order valence-corrected chi connectivity index (χ3v) is 4.95. The molecule has 1 fully saturated rings. The number of aryl methyl sites for hydroxylation is 1. The summed E-state index contributed by atoms with van der Waals surface area (Å²) in [5.41, 5.74) is 9.04. The van der Waals surface area contributed by atoms with Gasteiger partial charge in [0.25, 0.3) is 0 Å². The molecule has 2 aromatic rings. The standard InChI is InChI=1S/C17H17BrN2O/c1-11-10-14(6-7-15(11)18)20-16(21)17(8-9-17)12-2-4-13(19)5-3-12/h2-7,10H,8-9,19H2,1H3,(H,20,21). The second-order valence-corrected chi connectivity index (χ2v) is 6.48. The minimum absolute atomic E-state index is 0.0639. The van der Waals surface area contributed by atoms with Gasteiger partial charge < -0.3 is 11.1 Å². The molecule has 0 spiro atoms. The van der Waals surface area contributed by atoms with Crippen LogP contribution in [0.4, 0.5) is 11.4 Å². The van der Waals surface area contributed by atoms with Gasteiger partial charge in [0.2, 0.25) is 5.91 Å². The average molecular weight is 345 g/mol. The van der Waals surface area contributed by atoms with E-state index >= 15 is 0 Å². The maximum Gasteiger partial charge on any atom is 0.235 e. The predicted octanol–water partition coefficient (Wildman–Crippen LogP) is 4.01. The fourth-order valence-corrected chi connectivity index (χ4v) is 2.79. The van der Waals surface area contributed by atoms with Crippen LogP contribution < -0.4 is 11.1 Å². The van der Waals surface area contributed by atoms with Crippen molar-refractivity contribution in [2.24, 2.45) is 0 Å². The molecule has 2 aromatic carbocycles. The van der Waals surface area contributed by atoms with Gasteiger partial charge >= 0.3 is 0 Å². The lowest BCUT2D eigenvalue weighted by molar-refractivity contribution is -0.118. The van der Waals surface area contributed by atoms with Crippen molar-refractivity contribution in [2.45, 2.75) is 25.2 Å². The maximum atomic E-state index is 12.6. The second-order valence-electron chi connectivity index (χ2n) is 5.62. The molecule has 1 aliphatic carbocycles. The molecular formula is C17H17BrN2O. The molecule has 0 radical (unpaired) electrons. The van der Waals surface area contributed by atoms with Gasteiger partial charge in [-0.2, -0.15) is 0 Å². The van der Waals surface area contributed by atoms with Gasteiger partial charge in [0, 0.05) is 15.8 Å². The van der Waals surface area contributed by atoms with Crippen LogP contribution in [0.3, 0.4) is 0 Å².